The van der Waals surface area contributed by atoms with Crippen LogP contribution in [0.4, 0.5) is 4.39 Å². The molecule has 0 atom stereocenters. The van der Waals surface area contributed by atoms with Crippen LogP contribution in [0.2, 0.25) is 0 Å². The van der Waals surface area contributed by atoms with E-state index in [1.165, 1.54) is 13.2 Å². The first-order chi connectivity index (χ1) is 12.5. The molecule has 0 aromatic heterocycles. The number of phenols is 1. The average Bonchev–Trinajstić information content (AvgIpc) is 2.63. The smallest absolute Gasteiger partial charge is 0.193 e. The number of aliphatic imine (C=N–C) groups is 1. The molecule has 0 radical (unpaired) electrons. The third kappa shape index (κ3) is 6.16. The lowest BCUT2D eigenvalue weighted by atomic mass is 10.2. The first-order valence-electron chi connectivity index (χ1n) is 8.08. The van der Waals surface area contributed by atoms with Crippen molar-refractivity contribution in [3.63, 3.8) is 0 Å². The summed E-state index contributed by atoms with van der Waals surface area (Å²) in [5.74, 6) is 1.27. The van der Waals surface area contributed by atoms with Gasteiger partial charge in [-0.15, -0.1) is 24.0 Å². The molecule has 27 heavy (non-hydrogen) atoms. The zero-order valence-electron chi connectivity index (χ0n) is 15.8. The SMILES string of the molecule is CN=C(NCc1cc(OC)ccc1O)N(C)Cc1ccc(OC)c(F)c1.I. The van der Waals surface area contributed by atoms with Gasteiger partial charge in [-0.05, 0) is 35.9 Å². The molecule has 8 heteroatoms. The topological polar surface area (TPSA) is 66.3 Å². The van der Waals surface area contributed by atoms with Crippen molar-refractivity contribution in [3.05, 3.63) is 53.3 Å². The number of aromatic hydroxyl groups is 1. The summed E-state index contributed by atoms with van der Waals surface area (Å²) in [6.45, 7) is 0.835. The fourth-order valence-electron chi connectivity index (χ4n) is 2.55. The van der Waals surface area contributed by atoms with Crippen LogP contribution in [0.1, 0.15) is 11.1 Å². The van der Waals surface area contributed by atoms with E-state index in [9.17, 15) is 9.50 Å². The molecule has 6 nitrogen and oxygen atoms in total. The van der Waals surface area contributed by atoms with Gasteiger partial charge < -0.3 is 24.8 Å². The van der Waals surface area contributed by atoms with Gasteiger partial charge in [-0.1, -0.05) is 6.07 Å². The fourth-order valence-corrected chi connectivity index (χ4v) is 2.55. The van der Waals surface area contributed by atoms with Crippen LogP contribution in [0.3, 0.4) is 0 Å². The Kier molecular flexibility index (Phi) is 9.13. The molecule has 0 aliphatic heterocycles. The lowest BCUT2D eigenvalue weighted by Gasteiger charge is -2.22. The van der Waals surface area contributed by atoms with E-state index in [2.05, 4.69) is 10.3 Å². The molecule has 0 amide bonds. The molecule has 148 valence electrons. The summed E-state index contributed by atoms with van der Waals surface area (Å²) in [6, 6.07) is 9.88. The normalized spacial score (nSPS) is 10.8. The van der Waals surface area contributed by atoms with Crippen molar-refractivity contribution < 1.29 is 19.0 Å². The van der Waals surface area contributed by atoms with Crippen LogP contribution in [-0.2, 0) is 13.1 Å². The fraction of sp³-hybridized carbons (Fsp3) is 0.316. The number of rotatable bonds is 6. The summed E-state index contributed by atoms with van der Waals surface area (Å²) in [5, 5.41) is 13.1. The van der Waals surface area contributed by atoms with E-state index < -0.39 is 5.82 Å². The van der Waals surface area contributed by atoms with Crippen molar-refractivity contribution in [2.24, 2.45) is 4.99 Å². The predicted molar refractivity (Wildman–Crippen MR) is 115 cm³/mol. The highest BCUT2D eigenvalue weighted by atomic mass is 127. The van der Waals surface area contributed by atoms with Crippen LogP contribution in [-0.4, -0.2) is 44.3 Å². The molecule has 0 bridgehead atoms. The first kappa shape index (κ1) is 22.8. The van der Waals surface area contributed by atoms with E-state index >= 15 is 0 Å². The lowest BCUT2D eigenvalue weighted by Crippen LogP contribution is -2.38. The number of phenolic OH excluding ortho intramolecular Hbond substituents is 1. The molecule has 0 heterocycles. The van der Waals surface area contributed by atoms with Gasteiger partial charge in [-0.25, -0.2) is 4.39 Å². The number of ether oxygens (including phenoxy) is 2. The second-order valence-corrected chi connectivity index (χ2v) is 5.72. The highest BCUT2D eigenvalue weighted by molar-refractivity contribution is 14.0. The Hall–Kier alpha value is -2.23. The third-order valence-corrected chi connectivity index (χ3v) is 3.93. The lowest BCUT2D eigenvalue weighted by molar-refractivity contribution is 0.385. The van der Waals surface area contributed by atoms with Crippen molar-refractivity contribution >= 4 is 29.9 Å². The summed E-state index contributed by atoms with van der Waals surface area (Å²) in [4.78, 5) is 6.09. The zero-order chi connectivity index (χ0) is 19.1. The Balaban J connectivity index is 0.00000364. The van der Waals surface area contributed by atoms with Crippen molar-refractivity contribution in [1.82, 2.24) is 10.2 Å². The van der Waals surface area contributed by atoms with Gasteiger partial charge in [0.05, 0.1) is 14.2 Å². The predicted octanol–water partition coefficient (Wildman–Crippen LogP) is 3.37. The van der Waals surface area contributed by atoms with Crippen molar-refractivity contribution in [2.75, 3.05) is 28.3 Å². The van der Waals surface area contributed by atoms with Gasteiger partial charge in [0, 0.05) is 32.7 Å². The number of nitrogens with zero attached hydrogens (tertiary/aromatic N) is 2. The molecular formula is C19H25FIN3O3. The molecule has 2 N–H and O–H groups in total. The number of hydrogen-bond donors (Lipinski definition) is 2. The van der Waals surface area contributed by atoms with Crippen LogP contribution in [0.25, 0.3) is 0 Å². The molecule has 2 aromatic carbocycles. The van der Waals surface area contributed by atoms with Crippen molar-refractivity contribution in [2.45, 2.75) is 13.1 Å². The van der Waals surface area contributed by atoms with Crippen LogP contribution in [0.5, 0.6) is 17.2 Å². The Morgan fingerprint density at radius 3 is 2.52 bits per heavy atom. The maximum atomic E-state index is 13.8. The summed E-state index contributed by atoms with van der Waals surface area (Å²) in [6.07, 6.45) is 0. The minimum Gasteiger partial charge on any atom is -0.508 e. The molecule has 2 rings (SSSR count). The number of hydrogen-bond acceptors (Lipinski definition) is 4. The largest absolute Gasteiger partial charge is 0.508 e. The number of halogens is 2. The van der Waals surface area contributed by atoms with Gasteiger partial charge in [-0.2, -0.15) is 0 Å². The highest BCUT2D eigenvalue weighted by Gasteiger charge is 2.11. The molecule has 0 unspecified atom stereocenters. The standard InChI is InChI=1S/C19H24FN3O3.HI/c1-21-19(22-11-14-10-15(25-3)6-7-17(14)24)23(2)12-13-5-8-18(26-4)16(20)9-13;/h5-10,24H,11-12H2,1-4H3,(H,21,22);1H. The Bertz CT molecular complexity index is 787. The van der Waals surface area contributed by atoms with E-state index in [0.29, 0.717) is 30.4 Å². The zero-order valence-corrected chi connectivity index (χ0v) is 18.2. The Labute approximate surface area is 176 Å². The summed E-state index contributed by atoms with van der Waals surface area (Å²) in [7, 11) is 6.52. The van der Waals surface area contributed by atoms with Gasteiger partial charge in [0.15, 0.2) is 17.5 Å². The molecule has 0 spiro atoms. The molecule has 0 fully saturated rings. The third-order valence-electron chi connectivity index (χ3n) is 3.93. The molecular weight excluding hydrogens is 464 g/mol. The average molecular weight is 489 g/mol. The monoisotopic (exact) mass is 489 g/mol. The highest BCUT2D eigenvalue weighted by Crippen LogP contribution is 2.23. The molecule has 0 saturated heterocycles. The van der Waals surface area contributed by atoms with Crippen LogP contribution < -0.4 is 14.8 Å². The molecule has 0 saturated carbocycles. The van der Waals surface area contributed by atoms with Crippen LogP contribution >= 0.6 is 24.0 Å². The molecule has 2 aromatic rings. The van der Waals surface area contributed by atoms with Gasteiger partial charge in [0.25, 0.3) is 0 Å². The summed E-state index contributed by atoms with van der Waals surface area (Å²) < 4.78 is 23.9. The quantitative estimate of drug-likeness (QED) is 0.370. The number of guanidine groups is 1. The number of benzene rings is 2. The van der Waals surface area contributed by atoms with Gasteiger partial charge >= 0.3 is 0 Å². The number of nitrogens with one attached hydrogen (secondary N) is 1. The van der Waals surface area contributed by atoms with Gasteiger partial charge in [0.1, 0.15) is 11.5 Å². The van der Waals surface area contributed by atoms with Crippen LogP contribution in [0.15, 0.2) is 41.4 Å². The maximum absolute atomic E-state index is 13.8. The number of methoxy groups -OCH3 is 2. The minimum atomic E-state index is -0.400. The van der Waals surface area contributed by atoms with Crippen LogP contribution in [0, 0.1) is 5.82 Å². The Morgan fingerprint density at radius 2 is 1.93 bits per heavy atom. The first-order valence-corrected chi connectivity index (χ1v) is 8.08. The molecule has 0 aliphatic carbocycles. The van der Waals surface area contributed by atoms with E-state index in [-0.39, 0.29) is 35.5 Å². The Morgan fingerprint density at radius 1 is 1.19 bits per heavy atom. The van der Waals surface area contributed by atoms with E-state index in [4.69, 9.17) is 9.47 Å². The van der Waals surface area contributed by atoms with E-state index in [1.54, 1.807) is 44.5 Å². The summed E-state index contributed by atoms with van der Waals surface area (Å²) >= 11 is 0. The van der Waals surface area contributed by atoms with E-state index in [1.807, 2.05) is 11.9 Å². The maximum Gasteiger partial charge on any atom is 0.193 e. The van der Waals surface area contributed by atoms with Crippen molar-refractivity contribution in [1.29, 1.82) is 0 Å². The van der Waals surface area contributed by atoms with Crippen molar-refractivity contribution in [3.8, 4) is 17.2 Å². The van der Waals surface area contributed by atoms with E-state index in [0.717, 1.165) is 5.56 Å². The van der Waals surface area contributed by atoms with Gasteiger partial charge in [0.2, 0.25) is 0 Å². The second-order valence-electron chi connectivity index (χ2n) is 5.72. The second kappa shape index (κ2) is 10.8. The minimum absolute atomic E-state index is 0. The molecule has 0 aliphatic rings. The van der Waals surface area contributed by atoms with Gasteiger partial charge in [-0.3, -0.25) is 4.99 Å². The summed E-state index contributed by atoms with van der Waals surface area (Å²) in [5.41, 5.74) is 1.48.